The monoisotopic (exact) mass is 279 g/mol. The summed E-state index contributed by atoms with van der Waals surface area (Å²) >= 11 is 0. The van der Waals surface area contributed by atoms with Crippen molar-refractivity contribution in [1.82, 2.24) is 15.1 Å². The Labute approximate surface area is 122 Å². The summed E-state index contributed by atoms with van der Waals surface area (Å²) in [5, 5.41) is 17.5. The number of hydrogen-bond acceptors (Lipinski definition) is 3. The molecule has 0 saturated heterocycles. The van der Waals surface area contributed by atoms with E-state index in [1.807, 2.05) is 0 Å². The third kappa shape index (κ3) is 4.60. The maximum Gasteiger partial charge on any atom is 0.0762 e. The minimum absolute atomic E-state index is 0.176. The van der Waals surface area contributed by atoms with Gasteiger partial charge in [-0.2, -0.15) is 5.10 Å². The minimum Gasteiger partial charge on any atom is -0.395 e. The molecular weight excluding hydrogens is 250 g/mol. The Hall–Kier alpha value is -0.870. The van der Waals surface area contributed by atoms with Crippen molar-refractivity contribution in [3.8, 4) is 0 Å². The van der Waals surface area contributed by atoms with E-state index in [0.29, 0.717) is 12.0 Å². The van der Waals surface area contributed by atoms with Crippen molar-refractivity contribution in [2.45, 2.75) is 71.0 Å². The molecule has 1 fully saturated rings. The largest absolute Gasteiger partial charge is 0.395 e. The van der Waals surface area contributed by atoms with Crippen molar-refractivity contribution in [3.63, 3.8) is 0 Å². The lowest BCUT2D eigenvalue weighted by Crippen LogP contribution is -2.33. The highest BCUT2D eigenvalue weighted by Gasteiger charge is 2.16. The molecular formula is C16H29N3O. The molecule has 2 rings (SSSR count). The summed E-state index contributed by atoms with van der Waals surface area (Å²) in [6.07, 6.45) is 9.68. The van der Waals surface area contributed by atoms with Crippen LogP contribution in [0.1, 0.15) is 64.1 Å². The standard InChI is InChI=1S/C16H29N3O/c1-13(2)10-15(12-20)17-11-14-8-9-19(18-14)16-6-4-3-5-7-16/h8-9,13,15-17,20H,3-7,10-12H2,1-2H3. The highest BCUT2D eigenvalue weighted by Crippen LogP contribution is 2.27. The number of aliphatic hydroxyl groups excluding tert-OH is 1. The Morgan fingerprint density at radius 3 is 2.75 bits per heavy atom. The Bertz CT molecular complexity index is 383. The third-order valence-corrected chi connectivity index (χ3v) is 4.16. The van der Waals surface area contributed by atoms with E-state index in [4.69, 9.17) is 5.10 Å². The second-order valence-electron chi connectivity index (χ2n) is 6.47. The molecule has 1 unspecified atom stereocenters. The van der Waals surface area contributed by atoms with Gasteiger partial charge >= 0.3 is 0 Å². The molecule has 1 aromatic rings. The third-order valence-electron chi connectivity index (χ3n) is 4.16. The molecule has 20 heavy (non-hydrogen) atoms. The van der Waals surface area contributed by atoms with Gasteiger partial charge in [-0.05, 0) is 31.2 Å². The molecule has 1 aliphatic rings. The maximum atomic E-state index is 9.37. The van der Waals surface area contributed by atoms with E-state index in [1.54, 1.807) is 0 Å². The van der Waals surface area contributed by atoms with Gasteiger partial charge in [-0.3, -0.25) is 4.68 Å². The zero-order valence-electron chi connectivity index (χ0n) is 12.9. The van der Waals surface area contributed by atoms with E-state index < -0.39 is 0 Å². The van der Waals surface area contributed by atoms with E-state index in [-0.39, 0.29) is 12.6 Å². The fourth-order valence-corrected chi connectivity index (χ4v) is 3.06. The van der Waals surface area contributed by atoms with Crippen LogP contribution in [0.15, 0.2) is 12.3 Å². The summed E-state index contributed by atoms with van der Waals surface area (Å²) in [5.74, 6) is 0.597. The molecule has 1 aliphatic carbocycles. The molecule has 0 spiro atoms. The van der Waals surface area contributed by atoms with Gasteiger partial charge in [0, 0.05) is 18.8 Å². The van der Waals surface area contributed by atoms with Crippen LogP contribution in [-0.4, -0.2) is 27.5 Å². The fraction of sp³-hybridized carbons (Fsp3) is 0.812. The lowest BCUT2D eigenvalue weighted by Gasteiger charge is -2.22. The summed E-state index contributed by atoms with van der Waals surface area (Å²) in [6.45, 7) is 5.31. The molecule has 4 nitrogen and oxygen atoms in total. The molecule has 1 heterocycles. The van der Waals surface area contributed by atoms with Crippen molar-refractivity contribution in [2.75, 3.05) is 6.61 Å². The lowest BCUT2D eigenvalue weighted by molar-refractivity contribution is 0.223. The second kappa shape index (κ2) is 7.79. The molecule has 114 valence electrons. The number of rotatable bonds is 7. The molecule has 0 aliphatic heterocycles. The van der Waals surface area contributed by atoms with Crippen LogP contribution in [0.2, 0.25) is 0 Å². The molecule has 0 amide bonds. The zero-order valence-corrected chi connectivity index (χ0v) is 12.9. The fourth-order valence-electron chi connectivity index (χ4n) is 3.06. The molecule has 0 bridgehead atoms. The van der Waals surface area contributed by atoms with Gasteiger partial charge in [-0.25, -0.2) is 0 Å². The zero-order chi connectivity index (χ0) is 14.4. The first kappa shape index (κ1) is 15.5. The Kier molecular flexibility index (Phi) is 6.05. The lowest BCUT2D eigenvalue weighted by atomic mass is 9.96. The number of aromatic nitrogens is 2. The van der Waals surface area contributed by atoms with Crippen LogP contribution in [0.25, 0.3) is 0 Å². The van der Waals surface area contributed by atoms with Crippen molar-refractivity contribution in [2.24, 2.45) is 5.92 Å². The number of aliphatic hydroxyl groups is 1. The van der Waals surface area contributed by atoms with Crippen LogP contribution < -0.4 is 5.32 Å². The Balaban J connectivity index is 1.82. The van der Waals surface area contributed by atoms with Crippen LogP contribution in [0, 0.1) is 5.92 Å². The summed E-state index contributed by atoms with van der Waals surface area (Å²) < 4.78 is 2.15. The molecule has 0 radical (unpaired) electrons. The Morgan fingerprint density at radius 2 is 2.10 bits per heavy atom. The first-order valence-electron chi connectivity index (χ1n) is 8.07. The molecule has 4 heteroatoms. The topological polar surface area (TPSA) is 50.1 Å². The minimum atomic E-state index is 0.176. The van der Waals surface area contributed by atoms with Crippen LogP contribution >= 0.6 is 0 Å². The molecule has 0 aromatic carbocycles. The van der Waals surface area contributed by atoms with Gasteiger partial charge in [0.15, 0.2) is 0 Å². The first-order valence-corrected chi connectivity index (χ1v) is 8.07. The number of hydrogen-bond donors (Lipinski definition) is 2. The van der Waals surface area contributed by atoms with Crippen molar-refractivity contribution >= 4 is 0 Å². The average molecular weight is 279 g/mol. The molecule has 1 atom stereocenters. The number of nitrogens with zero attached hydrogens (tertiary/aromatic N) is 2. The molecule has 1 saturated carbocycles. The maximum absolute atomic E-state index is 9.37. The van der Waals surface area contributed by atoms with Crippen molar-refractivity contribution in [3.05, 3.63) is 18.0 Å². The van der Waals surface area contributed by atoms with E-state index in [0.717, 1.165) is 18.7 Å². The van der Waals surface area contributed by atoms with Gasteiger partial charge in [0.2, 0.25) is 0 Å². The van der Waals surface area contributed by atoms with Gasteiger partial charge in [-0.15, -0.1) is 0 Å². The van der Waals surface area contributed by atoms with E-state index in [2.05, 4.69) is 36.1 Å². The summed E-state index contributed by atoms with van der Waals surface area (Å²) in [7, 11) is 0. The van der Waals surface area contributed by atoms with Gasteiger partial charge in [0.1, 0.15) is 0 Å². The second-order valence-corrected chi connectivity index (χ2v) is 6.47. The van der Waals surface area contributed by atoms with E-state index >= 15 is 0 Å². The van der Waals surface area contributed by atoms with Gasteiger partial charge in [-0.1, -0.05) is 33.1 Å². The van der Waals surface area contributed by atoms with Crippen LogP contribution in [0.5, 0.6) is 0 Å². The summed E-state index contributed by atoms with van der Waals surface area (Å²) in [4.78, 5) is 0. The van der Waals surface area contributed by atoms with Crippen molar-refractivity contribution < 1.29 is 5.11 Å². The predicted octanol–water partition coefficient (Wildman–Crippen LogP) is 2.88. The summed E-state index contributed by atoms with van der Waals surface area (Å²) in [6, 6.07) is 2.88. The quantitative estimate of drug-likeness (QED) is 0.807. The first-order chi connectivity index (χ1) is 9.69. The van der Waals surface area contributed by atoms with Crippen LogP contribution in [-0.2, 0) is 6.54 Å². The molecule has 2 N–H and O–H groups in total. The van der Waals surface area contributed by atoms with Gasteiger partial charge < -0.3 is 10.4 Å². The SMILES string of the molecule is CC(C)CC(CO)NCc1ccn(C2CCCCC2)n1. The van der Waals surface area contributed by atoms with E-state index in [9.17, 15) is 5.11 Å². The highest BCUT2D eigenvalue weighted by atomic mass is 16.3. The van der Waals surface area contributed by atoms with E-state index in [1.165, 1.54) is 32.1 Å². The summed E-state index contributed by atoms with van der Waals surface area (Å²) in [5.41, 5.74) is 1.08. The smallest absolute Gasteiger partial charge is 0.0762 e. The number of nitrogens with one attached hydrogen (secondary N) is 1. The predicted molar refractivity (Wildman–Crippen MR) is 81.5 cm³/mol. The van der Waals surface area contributed by atoms with Crippen LogP contribution in [0.3, 0.4) is 0 Å². The average Bonchev–Trinajstić information content (AvgIpc) is 2.93. The van der Waals surface area contributed by atoms with Crippen LogP contribution in [0.4, 0.5) is 0 Å². The normalized spacial score (nSPS) is 18.6. The van der Waals surface area contributed by atoms with Gasteiger partial charge in [0.05, 0.1) is 18.3 Å². The Morgan fingerprint density at radius 1 is 1.35 bits per heavy atom. The van der Waals surface area contributed by atoms with Gasteiger partial charge in [0.25, 0.3) is 0 Å². The molecule has 1 aromatic heterocycles. The highest BCUT2D eigenvalue weighted by molar-refractivity contribution is 5.00. The van der Waals surface area contributed by atoms with Crippen molar-refractivity contribution in [1.29, 1.82) is 0 Å².